The molecule has 29 heavy (non-hydrogen) atoms. The number of nitrogens with one attached hydrogen (secondary N) is 2. The molecule has 2 aromatic rings. The maximum Gasteiger partial charge on any atom is 0.573 e. The summed E-state index contributed by atoms with van der Waals surface area (Å²) in [6.07, 6.45) is -4.66. The van der Waals surface area contributed by atoms with Crippen LogP contribution in [0.15, 0.2) is 47.5 Å². The van der Waals surface area contributed by atoms with Crippen molar-refractivity contribution in [2.45, 2.75) is 19.7 Å². The highest BCUT2D eigenvalue weighted by Crippen LogP contribution is 2.24. The largest absolute Gasteiger partial charge is 0.573 e. The molecule has 0 aromatic heterocycles. The molecular formula is C18H19ClF3IN4O2. The van der Waals surface area contributed by atoms with Crippen LogP contribution in [-0.4, -0.2) is 24.8 Å². The molecule has 2 rings (SSSR count). The minimum atomic E-state index is -4.75. The second-order valence-electron chi connectivity index (χ2n) is 5.67. The summed E-state index contributed by atoms with van der Waals surface area (Å²) in [6, 6.07) is 10.2. The van der Waals surface area contributed by atoms with Crippen LogP contribution < -0.4 is 21.1 Å². The highest BCUT2D eigenvalue weighted by atomic mass is 127. The molecule has 0 aliphatic rings. The predicted octanol–water partition coefficient (Wildman–Crippen LogP) is 4.92. The molecule has 0 atom stereocenters. The normalized spacial score (nSPS) is 11.4. The average Bonchev–Trinajstić information content (AvgIpc) is 2.59. The smallest absolute Gasteiger partial charge is 0.406 e. The van der Waals surface area contributed by atoms with Crippen LogP contribution in [0.1, 0.15) is 12.0 Å². The molecule has 0 aliphatic carbocycles. The Morgan fingerprint density at radius 2 is 1.83 bits per heavy atom. The lowest BCUT2D eigenvalue weighted by Crippen LogP contribution is -2.23. The number of amides is 1. The van der Waals surface area contributed by atoms with Crippen LogP contribution in [0.2, 0.25) is 5.02 Å². The van der Waals surface area contributed by atoms with Gasteiger partial charge in [-0.1, -0.05) is 17.7 Å². The van der Waals surface area contributed by atoms with Gasteiger partial charge in [-0.05, 0) is 48.9 Å². The lowest BCUT2D eigenvalue weighted by Gasteiger charge is -2.10. The fourth-order valence-electron chi connectivity index (χ4n) is 2.16. The molecule has 0 saturated heterocycles. The lowest BCUT2D eigenvalue weighted by molar-refractivity contribution is -0.274. The van der Waals surface area contributed by atoms with E-state index in [1.54, 1.807) is 25.1 Å². The molecule has 0 fully saturated rings. The van der Waals surface area contributed by atoms with E-state index < -0.39 is 6.36 Å². The molecular weight excluding hydrogens is 524 g/mol. The van der Waals surface area contributed by atoms with Crippen molar-refractivity contribution < 1.29 is 22.7 Å². The molecule has 11 heteroatoms. The Kier molecular flexibility index (Phi) is 9.50. The van der Waals surface area contributed by atoms with Crippen LogP contribution in [0.5, 0.6) is 5.75 Å². The first kappa shape index (κ1) is 24.8. The number of nitrogens with two attached hydrogens (primary N) is 1. The lowest BCUT2D eigenvalue weighted by atomic mass is 10.2. The number of nitrogens with zero attached hydrogens (tertiary/aromatic N) is 1. The summed E-state index contributed by atoms with van der Waals surface area (Å²) >= 11 is 6.00. The van der Waals surface area contributed by atoms with E-state index in [2.05, 4.69) is 20.4 Å². The van der Waals surface area contributed by atoms with Gasteiger partial charge in [0.05, 0.1) is 6.54 Å². The Morgan fingerprint density at radius 3 is 2.45 bits per heavy atom. The zero-order chi connectivity index (χ0) is 20.7. The number of alkyl halides is 3. The number of carbonyl (C=O) groups is 1. The third kappa shape index (κ3) is 8.77. The molecule has 0 heterocycles. The van der Waals surface area contributed by atoms with Gasteiger partial charge in [0, 0.05) is 22.8 Å². The van der Waals surface area contributed by atoms with Crippen LogP contribution in [0, 0.1) is 6.92 Å². The summed E-state index contributed by atoms with van der Waals surface area (Å²) in [7, 11) is 0. The van der Waals surface area contributed by atoms with Crippen LogP contribution in [0.4, 0.5) is 24.5 Å². The molecule has 1 amide bonds. The maximum atomic E-state index is 12.1. The Labute approximate surface area is 187 Å². The third-order valence-electron chi connectivity index (χ3n) is 3.52. The molecule has 0 bridgehead atoms. The number of hydrogen-bond donors (Lipinski definition) is 3. The van der Waals surface area contributed by atoms with Crippen molar-refractivity contribution in [3.63, 3.8) is 0 Å². The zero-order valence-electron chi connectivity index (χ0n) is 15.2. The Balaban J connectivity index is 0.00000420. The highest BCUT2D eigenvalue weighted by molar-refractivity contribution is 14.0. The van der Waals surface area contributed by atoms with Crippen LogP contribution in [0.25, 0.3) is 0 Å². The number of aliphatic imine (C=N–C) groups is 1. The van der Waals surface area contributed by atoms with Gasteiger partial charge in [0.1, 0.15) is 5.75 Å². The van der Waals surface area contributed by atoms with Crippen molar-refractivity contribution in [1.29, 1.82) is 0 Å². The first-order valence-electron chi connectivity index (χ1n) is 8.12. The zero-order valence-corrected chi connectivity index (χ0v) is 18.3. The summed E-state index contributed by atoms with van der Waals surface area (Å²) in [5, 5.41) is 6.01. The van der Waals surface area contributed by atoms with Gasteiger partial charge in [-0.3, -0.25) is 9.79 Å². The summed E-state index contributed by atoms with van der Waals surface area (Å²) in [4.78, 5) is 16.0. The first-order chi connectivity index (χ1) is 13.1. The number of guanidine groups is 1. The third-order valence-corrected chi connectivity index (χ3v) is 3.93. The Bertz CT molecular complexity index is 861. The van der Waals surface area contributed by atoms with Crippen LogP contribution in [-0.2, 0) is 4.79 Å². The fourth-order valence-corrected chi connectivity index (χ4v) is 2.34. The number of benzene rings is 2. The highest BCUT2D eigenvalue weighted by Gasteiger charge is 2.30. The van der Waals surface area contributed by atoms with E-state index in [-0.39, 0.29) is 54.6 Å². The van der Waals surface area contributed by atoms with E-state index in [1.807, 2.05) is 0 Å². The van der Waals surface area contributed by atoms with E-state index in [0.717, 1.165) is 17.7 Å². The molecule has 0 saturated carbocycles. The standard InChI is InChI=1S/C18H18ClF3N4O2.HI/c1-11-14(19)3-2-4-15(11)26-16(27)9-10-24-17(23)25-12-5-7-13(8-6-12)28-18(20,21)22;/h2-8H,9-10H2,1H3,(H,26,27)(H3,23,24,25);1H. The molecule has 6 nitrogen and oxygen atoms in total. The molecule has 2 aromatic carbocycles. The van der Waals surface area contributed by atoms with Crippen molar-refractivity contribution in [2.75, 3.05) is 17.2 Å². The van der Waals surface area contributed by atoms with Crippen molar-refractivity contribution in [1.82, 2.24) is 0 Å². The van der Waals surface area contributed by atoms with Crippen molar-refractivity contribution in [2.24, 2.45) is 10.7 Å². The summed E-state index contributed by atoms with van der Waals surface area (Å²) in [6.45, 7) is 1.92. The van der Waals surface area contributed by atoms with Crippen LogP contribution in [0.3, 0.4) is 0 Å². The molecule has 0 radical (unpaired) electrons. The van der Waals surface area contributed by atoms with Crippen molar-refractivity contribution in [3.8, 4) is 5.75 Å². The molecule has 0 aliphatic heterocycles. The topological polar surface area (TPSA) is 88.7 Å². The van der Waals surface area contributed by atoms with Gasteiger partial charge in [0.2, 0.25) is 5.91 Å². The second kappa shape index (κ2) is 11.1. The minimum Gasteiger partial charge on any atom is -0.406 e. The first-order valence-corrected chi connectivity index (χ1v) is 8.49. The summed E-state index contributed by atoms with van der Waals surface area (Å²) in [5.41, 5.74) is 7.52. The quantitative estimate of drug-likeness (QED) is 0.275. The fraction of sp³-hybridized carbons (Fsp3) is 0.222. The van der Waals surface area contributed by atoms with E-state index in [4.69, 9.17) is 17.3 Å². The Hall–Kier alpha value is -2.21. The molecule has 0 unspecified atom stereocenters. The molecule has 158 valence electrons. The summed E-state index contributed by atoms with van der Waals surface area (Å²) < 4.78 is 40.1. The number of carbonyl (C=O) groups excluding carboxylic acids is 1. The molecule has 4 N–H and O–H groups in total. The van der Waals surface area contributed by atoms with E-state index in [0.29, 0.717) is 16.4 Å². The average molecular weight is 543 g/mol. The van der Waals surface area contributed by atoms with E-state index in [1.165, 1.54) is 12.1 Å². The summed E-state index contributed by atoms with van der Waals surface area (Å²) in [5.74, 6) is -0.576. The second-order valence-corrected chi connectivity index (χ2v) is 6.08. The van der Waals surface area contributed by atoms with E-state index >= 15 is 0 Å². The number of rotatable bonds is 6. The Morgan fingerprint density at radius 1 is 1.17 bits per heavy atom. The van der Waals surface area contributed by atoms with Gasteiger partial charge < -0.3 is 21.1 Å². The maximum absolute atomic E-state index is 12.1. The predicted molar refractivity (Wildman–Crippen MR) is 118 cm³/mol. The number of anilines is 2. The van der Waals surface area contributed by atoms with Gasteiger partial charge in [-0.25, -0.2) is 0 Å². The SMILES string of the molecule is Cc1c(Cl)cccc1NC(=O)CCN=C(N)Nc1ccc(OC(F)(F)F)cc1.I. The van der Waals surface area contributed by atoms with Gasteiger partial charge in [-0.2, -0.15) is 0 Å². The molecule has 0 spiro atoms. The minimum absolute atomic E-state index is 0. The van der Waals surface area contributed by atoms with Crippen molar-refractivity contribution in [3.05, 3.63) is 53.1 Å². The van der Waals surface area contributed by atoms with E-state index in [9.17, 15) is 18.0 Å². The van der Waals surface area contributed by atoms with Gasteiger partial charge >= 0.3 is 6.36 Å². The number of halogens is 5. The van der Waals surface area contributed by atoms with Crippen LogP contribution >= 0.6 is 35.6 Å². The van der Waals surface area contributed by atoms with Gasteiger partial charge in [-0.15, -0.1) is 37.1 Å². The number of ether oxygens (including phenoxy) is 1. The van der Waals surface area contributed by atoms with Crippen molar-refractivity contribution >= 4 is 58.8 Å². The number of hydrogen-bond acceptors (Lipinski definition) is 3. The monoisotopic (exact) mass is 542 g/mol. The van der Waals surface area contributed by atoms with Gasteiger partial charge in [0.15, 0.2) is 5.96 Å². The van der Waals surface area contributed by atoms with Gasteiger partial charge in [0.25, 0.3) is 0 Å².